The highest BCUT2D eigenvalue weighted by atomic mass is 35.5. The largest absolute Gasteiger partial charge is 0.497 e. The number of amides is 2. The molecule has 41 heavy (non-hydrogen) atoms. The van der Waals surface area contributed by atoms with Crippen molar-refractivity contribution in [3.05, 3.63) is 82.3 Å². The van der Waals surface area contributed by atoms with E-state index in [1.165, 1.54) is 19.2 Å². The van der Waals surface area contributed by atoms with E-state index in [0.717, 1.165) is 16.5 Å². The predicted octanol–water partition coefficient (Wildman–Crippen LogP) is 5.69. The number of rotatable bonds is 7. The van der Waals surface area contributed by atoms with E-state index in [2.05, 4.69) is 15.3 Å². The Morgan fingerprint density at radius 3 is 2.56 bits per heavy atom. The summed E-state index contributed by atoms with van der Waals surface area (Å²) in [6, 6.07) is 11.7. The van der Waals surface area contributed by atoms with E-state index in [1.807, 2.05) is 33.8 Å². The van der Waals surface area contributed by atoms with E-state index in [-0.39, 0.29) is 23.7 Å². The lowest BCUT2D eigenvalue weighted by molar-refractivity contribution is -0.135. The minimum atomic E-state index is -1.73. The van der Waals surface area contributed by atoms with Crippen LogP contribution in [0.5, 0.6) is 5.75 Å². The Bertz CT molecular complexity index is 1520. The lowest BCUT2D eigenvalue weighted by Gasteiger charge is -2.35. The Kier molecular flexibility index (Phi) is 8.37. The molecule has 2 aromatic carbocycles. The number of carboxylic acid groups (broad SMARTS) is 1. The Labute approximate surface area is 242 Å². The smallest absolute Gasteiger partial charge is 0.434 e. The highest BCUT2D eigenvalue weighted by Crippen LogP contribution is 2.44. The molecule has 1 aliphatic heterocycles. The minimum Gasteiger partial charge on any atom is -0.497 e. The molecule has 11 heteroatoms. The number of nitrogens with one attached hydrogen (secondary N) is 1. The van der Waals surface area contributed by atoms with Crippen molar-refractivity contribution in [2.24, 2.45) is 10.4 Å². The highest BCUT2D eigenvalue weighted by Gasteiger charge is 2.56. The van der Waals surface area contributed by atoms with Crippen molar-refractivity contribution < 1.29 is 28.9 Å². The van der Waals surface area contributed by atoms with Crippen molar-refractivity contribution in [3.63, 3.8) is 0 Å². The number of aliphatic hydroxyl groups is 1. The van der Waals surface area contributed by atoms with Gasteiger partial charge in [0, 0.05) is 28.4 Å². The summed E-state index contributed by atoms with van der Waals surface area (Å²) in [5.74, 6) is -1.45. The summed E-state index contributed by atoms with van der Waals surface area (Å²) in [7, 11) is 1.40. The van der Waals surface area contributed by atoms with Crippen LogP contribution in [0.25, 0.3) is 11.3 Å². The van der Waals surface area contributed by atoms with Gasteiger partial charge in [0.05, 0.1) is 25.5 Å². The monoisotopic (exact) mass is 582 g/mol. The molecule has 1 saturated heterocycles. The average molecular weight is 583 g/mol. The van der Waals surface area contributed by atoms with Crippen molar-refractivity contribution in [1.29, 1.82) is 0 Å². The van der Waals surface area contributed by atoms with Crippen LogP contribution in [0, 0.1) is 18.2 Å². The molecule has 3 aromatic rings. The fourth-order valence-electron chi connectivity index (χ4n) is 5.27. The summed E-state index contributed by atoms with van der Waals surface area (Å²) >= 11 is 6.53. The number of benzene rings is 2. The van der Waals surface area contributed by atoms with Crippen LogP contribution >= 0.6 is 11.6 Å². The van der Waals surface area contributed by atoms with Crippen molar-refractivity contribution in [1.82, 2.24) is 15.2 Å². The maximum atomic E-state index is 15.6. The van der Waals surface area contributed by atoms with Crippen molar-refractivity contribution >= 4 is 29.6 Å². The number of hydrogen-bond donors (Lipinski definition) is 3. The number of carbonyl (C=O) groups is 2. The predicted molar refractivity (Wildman–Crippen MR) is 153 cm³/mol. The molecule has 0 radical (unpaired) electrons. The van der Waals surface area contributed by atoms with E-state index < -0.39 is 41.4 Å². The molecule has 0 bridgehead atoms. The third-order valence-corrected chi connectivity index (χ3v) is 7.22. The van der Waals surface area contributed by atoms with Crippen LogP contribution in [0.4, 0.5) is 9.18 Å². The van der Waals surface area contributed by atoms with E-state index in [4.69, 9.17) is 16.3 Å². The number of nitrogens with zero attached hydrogens (tertiary/aromatic N) is 3. The van der Waals surface area contributed by atoms with Gasteiger partial charge in [-0.3, -0.25) is 14.7 Å². The van der Waals surface area contributed by atoms with Crippen molar-refractivity contribution in [2.45, 2.75) is 45.7 Å². The Morgan fingerprint density at radius 1 is 1.24 bits per heavy atom. The summed E-state index contributed by atoms with van der Waals surface area (Å²) in [5, 5.41) is 23.6. The normalized spacial score (nSPS) is 18.9. The Balaban J connectivity index is 1.92. The number of hydrogen-bond acceptors (Lipinski definition) is 5. The molecule has 0 saturated carbocycles. The summed E-state index contributed by atoms with van der Waals surface area (Å²) < 4.78 is 20.8. The van der Waals surface area contributed by atoms with E-state index >= 15 is 4.39 Å². The molecule has 2 heterocycles. The first-order valence-corrected chi connectivity index (χ1v) is 13.3. The van der Waals surface area contributed by atoms with Crippen LogP contribution in [0.15, 0.2) is 59.7 Å². The molecule has 4 rings (SSSR count). The summed E-state index contributed by atoms with van der Waals surface area (Å²) in [4.78, 5) is 35.5. The van der Waals surface area contributed by atoms with Gasteiger partial charge in [0.2, 0.25) is 5.96 Å². The van der Waals surface area contributed by atoms with Gasteiger partial charge in [-0.05, 0) is 60.2 Å². The Morgan fingerprint density at radius 2 is 1.98 bits per heavy atom. The fourth-order valence-corrected chi connectivity index (χ4v) is 5.47. The molecular weight excluding hydrogens is 551 g/mol. The molecule has 1 aromatic heterocycles. The molecule has 9 nitrogen and oxygen atoms in total. The van der Waals surface area contributed by atoms with Crippen LogP contribution in [-0.2, 0) is 10.3 Å². The first-order chi connectivity index (χ1) is 19.3. The van der Waals surface area contributed by atoms with Gasteiger partial charge in [-0.25, -0.2) is 9.18 Å². The summed E-state index contributed by atoms with van der Waals surface area (Å²) in [6.07, 6.45) is 0.142. The fraction of sp³-hybridized carbons (Fsp3) is 0.333. The number of guanidine groups is 1. The molecule has 216 valence electrons. The van der Waals surface area contributed by atoms with Crippen LogP contribution in [0.1, 0.15) is 49.9 Å². The highest BCUT2D eigenvalue weighted by molar-refractivity contribution is 6.33. The molecule has 1 fully saturated rings. The second-order valence-electron chi connectivity index (χ2n) is 11.1. The molecule has 3 N–H and O–H groups in total. The van der Waals surface area contributed by atoms with Gasteiger partial charge < -0.3 is 20.3 Å². The number of aryl methyl sites for hydroxylation is 1. The second kappa shape index (κ2) is 11.5. The third-order valence-electron chi connectivity index (χ3n) is 6.89. The number of aliphatic hydroxyl groups excluding tert-OH is 1. The van der Waals surface area contributed by atoms with Gasteiger partial charge in [-0.2, -0.15) is 0 Å². The molecular formula is C30H32ClFN4O5. The lowest BCUT2D eigenvalue weighted by Crippen LogP contribution is -2.47. The standard InChI is InChI=1S/C30H32ClFN4O5/c1-17-7-6-12-33-25(17)20-13-18(8-11-22(20)31)24(15-37)36-26(38)30(16-29(2,3)4,35-27(36)34-28(39)40)21-10-9-19(41-5)14-23(21)32/h6-14,24,37H,15-16H2,1-5H3,(H,34,35)(H,39,40)/t24?,30-/m1/s1. The summed E-state index contributed by atoms with van der Waals surface area (Å²) in [6.45, 7) is 6.93. The lowest BCUT2D eigenvalue weighted by atomic mass is 9.75. The number of aromatic nitrogens is 1. The molecule has 1 aliphatic rings. The van der Waals surface area contributed by atoms with E-state index in [9.17, 15) is 19.8 Å². The van der Waals surface area contributed by atoms with Gasteiger partial charge in [0.1, 0.15) is 17.1 Å². The van der Waals surface area contributed by atoms with Gasteiger partial charge in [0.15, 0.2) is 0 Å². The van der Waals surface area contributed by atoms with E-state index in [1.54, 1.807) is 30.5 Å². The summed E-state index contributed by atoms with van der Waals surface area (Å²) in [5.41, 5.74) is 0.228. The van der Waals surface area contributed by atoms with Crippen LogP contribution in [-0.4, -0.2) is 51.8 Å². The van der Waals surface area contributed by atoms with Gasteiger partial charge in [0.25, 0.3) is 5.91 Å². The topological polar surface area (TPSA) is 124 Å². The zero-order valence-electron chi connectivity index (χ0n) is 23.4. The SMILES string of the molecule is COc1ccc([C@@]2(CC(C)(C)C)NC(=NC(=O)O)N(C(CO)c3ccc(Cl)c(-c4ncccc4C)c3)C2=O)c(F)c1. The Hall–Kier alpha value is -4.02. The van der Waals surface area contributed by atoms with Crippen LogP contribution in [0.3, 0.4) is 0 Å². The first-order valence-electron chi connectivity index (χ1n) is 12.9. The van der Waals surface area contributed by atoms with Crippen molar-refractivity contribution in [2.75, 3.05) is 13.7 Å². The quantitative estimate of drug-likeness (QED) is 0.327. The maximum absolute atomic E-state index is 15.6. The minimum absolute atomic E-state index is 0.00332. The number of methoxy groups -OCH3 is 1. The van der Waals surface area contributed by atoms with E-state index in [0.29, 0.717) is 21.8 Å². The molecule has 2 amide bonds. The molecule has 0 aliphatic carbocycles. The van der Waals surface area contributed by atoms with Gasteiger partial charge >= 0.3 is 6.09 Å². The van der Waals surface area contributed by atoms with Crippen molar-refractivity contribution in [3.8, 4) is 17.0 Å². The number of aliphatic imine (C=N–C) groups is 1. The number of pyridine rings is 1. The number of halogens is 2. The van der Waals surface area contributed by atoms with Crippen LogP contribution in [0.2, 0.25) is 5.02 Å². The third kappa shape index (κ3) is 5.89. The maximum Gasteiger partial charge on any atom is 0.434 e. The zero-order chi connectivity index (χ0) is 30.1. The zero-order valence-corrected chi connectivity index (χ0v) is 24.2. The molecule has 2 atom stereocenters. The first kappa shape index (κ1) is 30.0. The second-order valence-corrected chi connectivity index (χ2v) is 11.5. The van der Waals surface area contributed by atoms with Gasteiger partial charge in [-0.15, -0.1) is 4.99 Å². The average Bonchev–Trinajstić information content (AvgIpc) is 3.15. The number of ether oxygens (including phenoxy) is 1. The van der Waals surface area contributed by atoms with Crippen LogP contribution < -0.4 is 10.1 Å². The van der Waals surface area contributed by atoms with Gasteiger partial charge in [-0.1, -0.05) is 44.5 Å². The molecule has 0 spiro atoms. The molecule has 1 unspecified atom stereocenters. The number of carbonyl (C=O) groups excluding carboxylic acids is 1.